The summed E-state index contributed by atoms with van der Waals surface area (Å²) < 4.78 is 10.5. The van der Waals surface area contributed by atoms with Crippen LogP contribution < -0.4 is 14.8 Å². The number of aryl methyl sites for hydroxylation is 2. The van der Waals surface area contributed by atoms with E-state index in [0.29, 0.717) is 27.8 Å². The quantitative estimate of drug-likeness (QED) is 0.629. The Labute approximate surface area is 169 Å². The maximum atomic E-state index is 12.9. The fraction of sp³-hybridized carbons (Fsp3) is 0.182. The smallest absolute Gasteiger partial charge is 0.258 e. The topological polar surface area (TPSA) is 60.5 Å². The zero-order valence-corrected chi connectivity index (χ0v) is 17.1. The molecular formula is C22H22N2O3S. The van der Waals surface area contributed by atoms with Crippen LogP contribution >= 0.6 is 11.8 Å². The van der Waals surface area contributed by atoms with Crippen LogP contribution in [0.2, 0.25) is 0 Å². The van der Waals surface area contributed by atoms with Crippen molar-refractivity contribution in [3.05, 3.63) is 71.4 Å². The second-order valence-electron chi connectivity index (χ2n) is 6.23. The van der Waals surface area contributed by atoms with Gasteiger partial charge in [0.05, 0.1) is 19.8 Å². The first kappa shape index (κ1) is 19.8. The third kappa shape index (κ3) is 4.46. The summed E-state index contributed by atoms with van der Waals surface area (Å²) in [7, 11) is 3.13. The van der Waals surface area contributed by atoms with Crippen molar-refractivity contribution in [1.82, 2.24) is 4.98 Å². The number of rotatable bonds is 6. The van der Waals surface area contributed by atoms with E-state index >= 15 is 0 Å². The van der Waals surface area contributed by atoms with Crippen LogP contribution in [-0.2, 0) is 0 Å². The molecule has 6 heteroatoms. The maximum absolute atomic E-state index is 12.9. The van der Waals surface area contributed by atoms with Crippen molar-refractivity contribution >= 4 is 23.4 Å². The van der Waals surface area contributed by atoms with E-state index in [0.717, 1.165) is 4.90 Å². The van der Waals surface area contributed by atoms with Crippen molar-refractivity contribution in [2.24, 2.45) is 0 Å². The first-order valence-electron chi connectivity index (χ1n) is 8.75. The van der Waals surface area contributed by atoms with Crippen molar-refractivity contribution in [2.75, 3.05) is 19.5 Å². The normalized spacial score (nSPS) is 10.4. The molecule has 1 N–H and O–H groups in total. The van der Waals surface area contributed by atoms with Gasteiger partial charge in [-0.1, -0.05) is 17.8 Å². The van der Waals surface area contributed by atoms with Crippen LogP contribution in [0.3, 0.4) is 0 Å². The number of carbonyl (C=O) groups excluding carboxylic acids is 1. The van der Waals surface area contributed by atoms with Crippen molar-refractivity contribution < 1.29 is 14.3 Å². The number of amides is 1. The first-order chi connectivity index (χ1) is 13.5. The Morgan fingerprint density at radius 1 is 0.964 bits per heavy atom. The van der Waals surface area contributed by atoms with Crippen LogP contribution in [0.15, 0.2) is 64.6 Å². The van der Waals surface area contributed by atoms with Gasteiger partial charge in [-0.3, -0.25) is 4.79 Å². The Hall–Kier alpha value is -2.99. The molecule has 0 aliphatic heterocycles. The zero-order chi connectivity index (χ0) is 20.1. The highest BCUT2D eigenvalue weighted by Crippen LogP contribution is 2.32. The van der Waals surface area contributed by atoms with E-state index < -0.39 is 0 Å². The Kier molecular flexibility index (Phi) is 6.21. The van der Waals surface area contributed by atoms with Crippen LogP contribution in [0.5, 0.6) is 11.5 Å². The number of nitrogens with one attached hydrogen (secondary N) is 1. The van der Waals surface area contributed by atoms with Gasteiger partial charge < -0.3 is 14.8 Å². The van der Waals surface area contributed by atoms with Gasteiger partial charge in [-0.15, -0.1) is 0 Å². The van der Waals surface area contributed by atoms with Crippen LogP contribution in [-0.4, -0.2) is 25.1 Å². The molecule has 0 fully saturated rings. The van der Waals surface area contributed by atoms with Gasteiger partial charge in [-0.05, 0) is 61.4 Å². The van der Waals surface area contributed by atoms with E-state index in [-0.39, 0.29) is 5.91 Å². The third-order valence-electron chi connectivity index (χ3n) is 4.35. The summed E-state index contributed by atoms with van der Waals surface area (Å²) in [5.74, 6) is 0.927. The SMILES string of the molecule is COc1ccc(NC(=O)c2cccnc2Sc2ccc(C)c(C)c2)cc1OC. The zero-order valence-electron chi connectivity index (χ0n) is 16.3. The molecule has 0 aliphatic carbocycles. The number of pyridine rings is 1. The molecule has 0 spiro atoms. The average molecular weight is 394 g/mol. The fourth-order valence-corrected chi connectivity index (χ4v) is 3.63. The van der Waals surface area contributed by atoms with Gasteiger partial charge in [0.2, 0.25) is 0 Å². The minimum absolute atomic E-state index is 0.230. The lowest BCUT2D eigenvalue weighted by Crippen LogP contribution is -2.13. The number of hydrogen-bond donors (Lipinski definition) is 1. The highest BCUT2D eigenvalue weighted by molar-refractivity contribution is 7.99. The second-order valence-corrected chi connectivity index (χ2v) is 7.29. The molecule has 1 amide bonds. The van der Waals surface area contributed by atoms with Crippen LogP contribution in [0, 0.1) is 13.8 Å². The number of benzene rings is 2. The Morgan fingerprint density at radius 2 is 1.75 bits per heavy atom. The highest BCUT2D eigenvalue weighted by Gasteiger charge is 2.15. The summed E-state index contributed by atoms with van der Waals surface area (Å²) in [6, 6.07) is 15.0. The summed E-state index contributed by atoms with van der Waals surface area (Å²) in [5.41, 5.74) is 3.57. The molecule has 0 aliphatic rings. The first-order valence-corrected chi connectivity index (χ1v) is 9.57. The molecular weight excluding hydrogens is 372 g/mol. The molecule has 3 rings (SSSR count). The maximum Gasteiger partial charge on any atom is 0.258 e. The van der Waals surface area contributed by atoms with Gasteiger partial charge >= 0.3 is 0 Å². The Morgan fingerprint density at radius 3 is 2.46 bits per heavy atom. The summed E-state index contributed by atoms with van der Waals surface area (Å²) >= 11 is 1.47. The van der Waals surface area contributed by atoms with Crippen molar-refractivity contribution in [3.8, 4) is 11.5 Å². The number of methoxy groups -OCH3 is 2. The average Bonchev–Trinajstić information content (AvgIpc) is 2.71. The minimum atomic E-state index is -0.230. The van der Waals surface area contributed by atoms with Crippen LogP contribution in [0.25, 0.3) is 0 Å². The van der Waals surface area contributed by atoms with Gasteiger partial charge in [-0.2, -0.15) is 0 Å². The van der Waals surface area contributed by atoms with Gasteiger partial charge in [0, 0.05) is 22.8 Å². The Balaban J connectivity index is 1.83. The van der Waals surface area contributed by atoms with Gasteiger partial charge in [0.15, 0.2) is 11.5 Å². The van der Waals surface area contributed by atoms with Gasteiger partial charge in [0.25, 0.3) is 5.91 Å². The van der Waals surface area contributed by atoms with Crippen molar-refractivity contribution in [3.63, 3.8) is 0 Å². The van der Waals surface area contributed by atoms with Crippen molar-refractivity contribution in [2.45, 2.75) is 23.8 Å². The lowest BCUT2D eigenvalue weighted by Gasteiger charge is -2.12. The second kappa shape index (κ2) is 8.80. The number of carbonyl (C=O) groups is 1. The van der Waals surface area contributed by atoms with Crippen LogP contribution in [0.1, 0.15) is 21.5 Å². The number of hydrogen-bond acceptors (Lipinski definition) is 5. The molecule has 0 atom stereocenters. The van der Waals surface area contributed by atoms with Crippen molar-refractivity contribution in [1.29, 1.82) is 0 Å². The number of aromatic nitrogens is 1. The molecule has 2 aromatic carbocycles. The molecule has 0 saturated heterocycles. The molecule has 1 aromatic heterocycles. The largest absolute Gasteiger partial charge is 0.493 e. The summed E-state index contributed by atoms with van der Waals surface area (Å²) in [6.45, 7) is 4.15. The highest BCUT2D eigenvalue weighted by atomic mass is 32.2. The molecule has 28 heavy (non-hydrogen) atoms. The lowest BCUT2D eigenvalue weighted by molar-refractivity contribution is 0.102. The molecule has 0 radical (unpaired) electrons. The molecule has 5 nitrogen and oxygen atoms in total. The number of anilines is 1. The fourth-order valence-electron chi connectivity index (χ4n) is 2.65. The number of ether oxygens (including phenoxy) is 2. The summed E-state index contributed by atoms with van der Waals surface area (Å²) in [5, 5.41) is 3.56. The predicted octanol–water partition coefficient (Wildman–Crippen LogP) is 5.12. The number of nitrogens with zero attached hydrogens (tertiary/aromatic N) is 1. The van der Waals surface area contributed by atoms with E-state index in [1.807, 2.05) is 6.07 Å². The minimum Gasteiger partial charge on any atom is -0.493 e. The molecule has 0 bridgehead atoms. The van der Waals surface area contributed by atoms with Gasteiger partial charge in [-0.25, -0.2) is 4.98 Å². The predicted molar refractivity (Wildman–Crippen MR) is 112 cm³/mol. The monoisotopic (exact) mass is 394 g/mol. The van der Waals surface area contributed by atoms with E-state index in [4.69, 9.17) is 9.47 Å². The van der Waals surface area contributed by atoms with E-state index in [1.165, 1.54) is 22.9 Å². The van der Waals surface area contributed by atoms with E-state index in [1.54, 1.807) is 50.7 Å². The van der Waals surface area contributed by atoms with E-state index in [2.05, 4.69) is 36.3 Å². The molecule has 0 unspecified atom stereocenters. The van der Waals surface area contributed by atoms with E-state index in [9.17, 15) is 4.79 Å². The summed E-state index contributed by atoms with van der Waals surface area (Å²) in [6.07, 6.45) is 1.69. The third-order valence-corrected chi connectivity index (χ3v) is 5.36. The van der Waals surface area contributed by atoms with Crippen LogP contribution in [0.4, 0.5) is 5.69 Å². The Bertz CT molecular complexity index is 1000. The molecule has 1 heterocycles. The lowest BCUT2D eigenvalue weighted by atomic mass is 10.1. The summed E-state index contributed by atoms with van der Waals surface area (Å²) in [4.78, 5) is 18.3. The standard InChI is InChI=1S/C22H22N2O3S/c1-14-7-9-17(12-15(14)2)28-22-18(6-5-11-23-22)21(25)24-16-8-10-19(26-3)20(13-16)27-4/h5-13H,1-4H3,(H,24,25). The molecule has 3 aromatic rings. The molecule has 0 saturated carbocycles. The molecule has 144 valence electrons. The van der Waals surface area contributed by atoms with Gasteiger partial charge in [0.1, 0.15) is 5.03 Å².